The van der Waals surface area contributed by atoms with E-state index in [1.807, 2.05) is 24.3 Å². The summed E-state index contributed by atoms with van der Waals surface area (Å²) < 4.78 is 2.08. The first-order valence-corrected chi connectivity index (χ1v) is 11.0. The summed E-state index contributed by atoms with van der Waals surface area (Å²) in [6.07, 6.45) is 4.63. The van der Waals surface area contributed by atoms with E-state index < -0.39 is 4.92 Å². The van der Waals surface area contributed by atoms with E-state index in [-0.39, 0.29) is 18.1 Å². The summed E-state index contributed by atoms with van der Waals surface area (Å²) in [4.78, 5) is 31.4. The lowest BCUT2D eigenvalue weighted by molar-refractivity contribution is -0.384. The number of hydrogen-bond donors (Lipinski definition) is 2. The molecule has 0 fully saturated rings. The molecule has 2 aromatic heterocycles. The van der Waals surface area contributed by atoms with Crippen LogP contribution in [-0.4, -0.2) is 25.4 Å². The van der Waals surface area contributed by atoms with Crippen LogP contribution in [0.5, 0.6) is 0 Å². The van der Waals surface area contributed by atoms with E-state index >= 15 is 0 Å². The fourth-order valence-electron chi connectivity index (χ4n) is 3.81. The second-order valence-electron chi connectivity index (χ2n) is 7.77. The molecule has 0 unspecified atom stereocenters. The first kappa shape index (κ1) is 22.5. The van der Waals surface area contributed by atoms with Crippen LogP contribution in [0.15, 0.2) is 48.8 Å². The summed E-state index contributed by atoms with van der Waals surface area (Å²) in [6, 6.07) is 12.0. The predicted molar refractivity (Wildman–Crippen MR) is 128 cm³/mol. The highest BCUT2D eigenvalue weighted by molar-refractivity contribution is 6.31. The topological polar surface area (TPSA) is 129 Å². The zero-order chi connectivity index (χ0) is 23.4. The number of non-ortho nitro benzene ring substituents is 1. The average molecular weight is 467 g/mol. The van der Waals surface area contributed by atoms with E-state index in [4.69, 9.17) is 17.3 Å². The van der Waals surface area contributed by atoms with E-state index in [2.05, 4.69) is 19.9 Å². The molecule has 0 spiro atoms. The van der Waals surface area contributed by atoms with Crippen LogP contribution in [-0.2, 0) is 17.9 Å². The number of carbonyl (C=O) groups is 1. The monoisotopic (exact) mass is 466 g/mol. The average Bonchev–Trinajstić information content (AvgIpc) is 3.23. The molecule has 0 aliphatic carbocycles. The van der Waals surface area contributed by atoms with Crippen molar-refractivity contribution in [2.45, 2.75) is 38.8 Å². The molecule has 0 aliphatic rings. The minimum absolute atomic E-state index is 0.0546. The Morgan fingerprint density at radius 1 is 1.18 bits per heavy atom. The minimum Gasteiger partial charge on any atom is -0.382 e. The van der Waals surface area contributed by atoms with Crippen LogP contribution in [0.3, 0.4) is 0 Å². The number of unbranched alkanes of at least 4 members (excludes halogenated alkanes) is 2. The number of nitrogens with one attached hydrogen (secondary N) is 1. The molecule has 0 saturated heterocycles. The minimum atomic E-state index is -0.487. The highest BCUT2D eigenvalue weighted by Gasteiger charge is 2.13. The molecule has 0 atom stereocenters. The first-order valence-electron chi connectivity index (χ1n) is 10.6. The molecule has 2 aromatic carbocycles. The number of imidazole rings is 1. The normalized spacial score (nSPS) is 11.2. The Hall–Kier alpha value is -3.72. The maximum absolute atomic E-state index is 12.2. The Kier molecular flexibility index (Phi) is 6.69. The molecule has 9 nitrogen and oxygen atoms in total. The number of hydrogen-bond acceptors (Lipinski definition) is 6. The van der Waals surface area contributed by atoms with Crippen LogP contribution < -0.4 is 11.1 Å². The van der Waals surface area contributed by atoms with Crippen molar-refractivity contribution in [2.75, 3.05) is 5.73 Å². The molecule has 3 N–H and O–H groups in total. The Morgan fingerprint density at radius 2 is 2.00 bits per heavy atom. The number of fused-ring (bicyclic) bond motifs is 3. The maximum atomic E-state index is 12.2. The molecule has 170 valence electrons. The molecule has 1 amide bonds. The number of nitro benzene ring substituents is 1. The predicted octanol–water partition coefficient (Wildman–Crippen LogP) is 4.61. The number of para-hydroxylation sites is 1. The fourth-order valence-corrected chi connectivity index (χ4v) is 4.00. The SMILES string of the molecule is Nc1nc2ccccc2c2c1ncn2CCCCCC(=O)NCc1cc([N+](=O)[O-])ccc1Cl. The Bertz CT molecular complexity index is 1340. The third-order valence-corrected chi connectivity index (χ3v) is 5.87. The van der Waals surface area contributed by atoms with Crippen molar-refractivity contribution in [1.82, 2.24) is 19.9 Å². The van der Waals surface area contributed by atoms with Gasteiger partial charge in [0, 0.05) is 42.1 Å². The second-order valence-corrected chi connectivity index (χ2v) is 8.18. The van der Waals surface area contributed by atoms with E-state index in [1.54, 1.807) is 6.33 Å². The lowest BCUT2D eigenvalue weighted by Crippen LogP contribution is -2.22. The highest BCUT2D eigenvalue weighted by atomic mass is 35.5. The second kappa shape index (κ2) is 9.83. The standard InChI is InChI=1S/C23H23ClN6O3/c24-18-10-9-16(30(32)33)12-15(18)13-26-20(31)8-2-1-5-11-29-14-27-21-22(29)17-6-3-4-7-19(17)28-23(21)25/h3-4,6-7,9-10,12,14H,1-2,5,8,11,13H2,(H2,25,28)(H,26,31). The quantitative estimate of drug-likeness (QED) is 0.210. The third kappa shape index (κ3) is 5.04. The van der Waals surface area contributed by atoms with Gasteiger partial charge in [0.05, 0.1) is 22.3 Å². The lowest BCUT2D eigenvalue weighted by atomic mass is 10.1. The fraction of sp³-hybridized carbons (Fsp3) is 0.261. The van der Waals surface area contributed by atoms with Gasteiger partial charge in [0.15, 0.2) is 5.82 Å². The van der Waals surface area contributed by atoms with Gasteiger partial charge in [-0.1, -0.05) is 36.2 Å². The number of nitrogens with zero attached hydrogens (tertiary/aromatic N) is 4. The number of halogens is 1. The van der Waals surface area contributed by atoms with E-state index in [0.29, 0.717) is 28.3 Å². The van der Waals surface area contributed by atoms with Crippen LogP contribution in [0.2, 0.25) is 5.02 Å². The number of nitrogens with two attached hydrogens (primary N) is 1. The molecule has 0 bridgehead atoms. The molecule has 4 rings (SSSR count). The Labute approximate surface area is 194 Å². The molecular weight excluding hydrogens is 444 g/mol. The molecule has 0 aliphatic heterocycles. The Balaban J connectivity index is 1.27. The number of anilines is 1. The molecule has 0 saturated carbocycles. The zero-order valence-corrected chi connectivity index (χ0v) is 18.6. The van der Waals surface area contributed by atoms with E-state index in [0.717, 1.165) is 42.2 Å². The van der Waals surface area contributed by atoms with Gasteiger partial charge >= 0.3 is 0 Å². The molecular formula is C23H23ClN6O3. The van der Waals surface area contributed by atoms with Gasteiger partial charge in [-0.3, -0.25) is 14.9 Å². The molecule has 10 heteroatoms. The largest absolute Gasteiger partial charge is 0.382 e. The number of nitrogen functional groups attached to an aromatic ring is 1. The van der Waals surface area contributed by atoms with Crippen LogP contribution in [0, 0.1) is 10.1 Å². The summed E-state index contributed by atoms with van der Waals surface area (Å²) in [5.41, 5.74) is 9.06. The van der Waals surface area contributed by atoms with Crippen molar-refractivity contribution in [3.63, 3.8) is 0 Å². The van der Waals surface area contributed by atoms with Crippen molar-refractivity contribution >= 4 is 50.9 Å². The van der Waals surface area contributed by atoms with Gasteiger partial charge in [-0.2, -0.15) is 0 Å². The summed E-state index contributed by atoms with van der Waals surface area (Å²) in [7, 11) is 0. The van der Waals surface area contributed by atoms with Gasteiger partial charge in [0.2, 0.25) is 5.91 Å². The lowest BCUT2D eigenvalue weighted by Gasteiger charge is -2.09. The molecule has 0 radical (unpaired) electrons. The smallest absolute Gasteiger partial charge is 0.269 e. The van der Waals surface area contributed by atoms with Crippen LogP contribution in [0.4, 0.5) is 11.5 Å². The van der Waals surface area contributed by atoms with Crippen molar-refractivity contribution in [3.05, 3.63) is 69.5 Å². The number of amides is 1. The van der Waals surface area contributed by atoms with Crippen molar-refractivity contribution in [1.29, 1.82) is 0 Å². The first-order chi connectivity index (χ1) is 15.9. The molecule has 4 aromatic rings. The maximum Gasteiger partial charge on any atom is 0.269 e. The Morgan fingerprint density at radius 3 is 2.82 bits per heavy atom. The van der Waals surface area contributed by atoms with Gasteiger partial charge in [-0.25, -0.2) is 9.97 Å². The van der Waals surface area contributed by atoms with Gasteiger partial charge in [0.25, 0.3) is 5.69 Å². The van der Waals surface area contributed by atoms with Gasteiger partial charge in [-0.05, 0) is 30.5 Å². The van der Waals surface area contributed by atoms with E-state index in [9.17, 15) is 14.9 Å². The summed E-state index contributed by atoms with van der Waals surface area (Å²) in [6.45, 7) is 0.914. The summed E-state index contributed by atoms with van der Waals surface area (Å²) in [5.74, 6) is 0.304. The number of aryl methyl sites for hydroxylation is 1. The zero-order valence-electron chi connectivity index (χ0n) is 17.8. The van der Waals surface area contributed by atoms with Gasteiger partial charge in [-0.15, -0.1) is 0 Å². The summed E-state index contributed by atoms with van der Waals surface area (Å²) in [5, 5.41) is 15.1. The number of aromatic nitrogens is 3. The number of rotatable bonds is 9. The van der Waals surface area contributed by atoms with Crippen LogP contribution >= 0.6 is 11.6 Å². The number of benzene rings is 2. The number of carbonyl (C=O) groups excluding carboxylic acids is 1. The van der Waals surface area contributed by atoms with Crippen molar-refractivity contribution < 1.29 is 9.72 Å². The van der Waals surface area contributed by atoms with Crippen molar-refractivity contribution in [3.8, 4) is 0 Å². The van der Waals surface area contributed by atoms with Gasteiger partial charge in [0.1, 0.15) is 5.52 Å². The number of nitro groups is 1. The number of pyridine rings is 1. The third-order valence-electron chi connectivity index (χ3n) is 5.50. The molecule has 33 heavy (non-hydrogen) atoms. The van der Waals surface area contributed by atoms with E-state index in [1.165, 1.54) is 18.2 Å². The van der Waals surface area contributed by atoms with Gasteiger partial charge < -0.3 is 15.6 Å². The van der Waals surface area contributed by atoms with Crippen LogP contribution in [0.1, 0.15) is 31.2 Å². The molecule has 2 heterocycles. The van der Waals surface area contributed by atoms with Crippen LogP contribution in [0.25, 0.3) is 21.9 Å². The van der Waals surface area contributed by atoms with Crippen molar-refractivity contribution in [2.24, 2.45) is 0 Å². The highest BCUT2D eigenvalue weighted by Crippen LogP contribution is 2.27. The summed E-state index contributed by atoms with van der Waals surface area (Å²) >= 11 is 6.07.